The van der Waals surface area contributed by atoms with E-state index in [1.807, 2.05) is 37.3 Å². The van der Waals surface area contributed by atoms with Gasteiger partial charge >= 0.3 is 0 Å². The molecule has 0 aliphatic heterocycles. The average Bonchev–Trinajstić information content (AvgIpc) is 2.67. The Balaban J connectivity index is 0.00000364. The Bertz CT molecular complexity index is 531. The number of rotatable bonds is 9. The number of nitrogens with one attached hydrogen (secondary N) is 2. The van der Waals surface area contributed by atoms with Gasteiger partial charge in [0.05, 0.1) is 12.6 Å². The van der Waals surface area contributed by atoms with Gasteiger partial charge < -0.3 is 20.5 Å². The molecule has 3 N–H and O–H groups in total. The van der Waals surface area contributed by atoms with Crippen molar-refractivity contribution in [3.63, 3.8) is 0 Å². The Kier molecular flexibility index (Phi) is 11.9. The predicted octanol–water partition coefficient (Wildman–Crippen LogP) is 3.81. The van der Waals surface area contributed by atoms with Gasteiger partial charge in [-0.3, -0.25) is 0 Å². The van der Waals surface area contributed by atoms with Crippen molar-refractivity contribution in [2.45, 2.75) is 64.1 Å². The van der Waals surface area contributed by atoms with E-state index < -0.39 is 5.60 Å². The van der Waals surface area contributed by atoms with Crippen LogP contribution < -0.4 is 10.6 Å². The van der Waals surface area contributed by atoms with Crippen LogP contribution >= 0.6 is 24.0 Å². The van der Waals surface area contributed by atoms with E-state index in [0.29, 0.717) is 12.6 Å². The van der Waals surface area contributed by atoms with Crippen LogP contribution in [0.5, 0.6) is 0 Å². The van der Waals surface area contributed by atoms with Crippen LogP contribution in [0.25, 0.3) is 0 Å². The van der Waals surface area contributed by atoms with Gasteiger partial charge in [-0.05, 0) is 38.7 Å². The quantitative estimate of drug-likeness (QED) is 0.214. The zero-order chi connectivity index (χ0) is 18.7. The molecule has 1 atom stereocenters. The Morgan fingerprint density at radius 2 is 1.89 bits per heavy atom. The summed E-state index contributed by atoms with van der Waals surface area (Å²) in [6, 6.07) is 9.67. The van der Waals surface area contributed by atoms with E-state index in [1.54, 1.807) is 6.92 Å². The number of ether oxygens (including phenoxy) is 1. The molecule has 0 heterocycles. The summed E-state index contributed by atoms with van der Waals surface area (Å²) in [6.07, 6.45) is 7.82. The van der Waals surface area contributed by atoms with E-state index in [0.717, 1.165) is 37.6 Å². The standard InChI is InChI=1S/C21H35N3O2.HI/c1-3-22-20(23-15-10-16-26-19-13-8-5-9-14-19)24-17-21(2,25)18-11-6-4-7-12-18;/h4,6-7,11-12,19,25H,3,5,8-10,13-17H2,1-2H3,(H2,22,23,24);1H. The number of aliphatic hydroxyl groups is 1. The largest absolute Gasteiger partial charge is 0.384 e. The monoisotopic (exact) mass is 489 g/mol. The summed E-state index contributed by atoms with van der Waals surface area (Å²) in [5, 5.41) is 17.2. The molecular weight excluding hydrogens is 453 g/mol. The molecule has 6 heteroatoms. The molecule has 1 unspecified atom stereocenters. The zero-order valence-electron chi connectivity index (χ0n) is 16.7. The maximum atomic E-state index is 10.7. The molecule has 0 bridgehead atoms. The molecule has 1 fully saturated rings. The summed E-state index contributed by atoms with van der Waals surface area (Å²) in [5.74, 6) is 0.737. The number of aliphatic imine (C=N–C) groups is 1. The van der Waals surface area contributed by atoms with Crippen molar-refractivity contribution < 1.29 is 9.84 Å². The molecule has 1 aromatic carbocycles. The lowest BCUT2D eigenvalue weighted by Gasteiger charge is -2.23. The molecule has 0 aromatic heterocycles. The van der Waals surface area contributed by atoms with Crippen LogP contribution in [0.2, 0.25) is 0 Å². The molecule has 1 aromatic rings. The lowest BCUT2D eigenvalue weighted by molar-refractivity contribution is 0.0276. The van der Waals surface area contributed by atoms with Gasteiger partial charge in [-0.1, -0.05) is 49.6 Å². The van der Waals surface area contributed by atoms with E-state index in [9.17, 15) is 5.11 Å². The maximum absolute atomic E-state index is 10.7. The molecule has 1 saturated carbocycles. The minimum Gasteiger partial charge on any atom is -0.384 e. The van der Waals surface area contributed by atoms with Crippen molar-refractivity contribution in [2.24, 2.45) is 4.99 Å². The van der Waals surface area contributed by atoms with Crippen LogP contribution in [0, 0.1) is 0 Å². The van der Waals surface area contributed by atoms with Crippen molar-refractivity contribution in [2.75, 3.05) is 26.2 Å². The highest BCUT2D eigenvalue weighted by atomic mass is 127. The van der Waals surface area contributed by atoms with Crippen molar-refractivity contribution >= 4 is 29.9 Å². The molecule has 0 radical (unpaired) electrons. The summed E-state index contributed by atoms with van der Waals surface area (Å²) in [4.78, 5) is 4.55. The molecule has 0 spiro atoms. The van der Waals surface area contributed by atoms with Gasteiger partial charge in [-0.25, -0.2) is 4.99 Å². The van der Waals surface area contributed by atoms with Crippen LogP contribution in [0.3, 0.4) is 0 Å². The molecule has 0 amide bonds. The third-order valence-electron chi connectivity index (χ3n) is 4.80. The Morgan fingerprint density at radius 3 is 2.56 bits per heavy atom. The number of nitrogens with zero attached hydrogens (tertiary/aromatic N) is 1. The SMILES string of the molecule is CCNC(=NCC(C)(O)c1ccccc1)NCCCOC1CCCCC1.I. The van der Waals surface area contributed by atoms with E-state index >= 15 is 0 Å². The Hall–Kier alpha value is -0.860. The highest BCUT2D eigenvalue weighted by molar-refractivity contribution is 14.0. The van der Waals surface area contributed by atoms with Crippen LogP contribution in [-0.4, -0.2) is 43.4 Å². The first-order valence-electron chi connectivity index (χ1n) is 10.0. The Labute approximate surface area is 181 Å². The number of hydrogen-bond acceptors (Lipinski definition) is 3. The van der Waals surface area contributed by atoms with Gasteiger partial charge in [-0.15, -0.1) is 24.0 Å². The number of guanidine groups is 1. The van der Waals surface area contributed by atoms with Gasteiger partial charge in [0.2, 0.25) is 0 Å². The van der Waals surface area contributed by atoms with E-state index in [4.69, 9.17) is 4.74 Å². The first kappa shape index (κ1) is 24.2. The van der Waals surface area contributed by atoms with Crippen molar-refractivity contribution in [1.82, 2.24) is 10.6 Å². The third kappa shape index (κ3) is 9.25. The fraction of sp³-hybridized carbons (Fsp3) is 0.667. The van der Waals surface area contributed by atoms with Gasteiger partial charge in [0.1, 0.15) is 5.60 Å². The number of halogens is 1. The van der Waals surface area contributed by atoms with Gasteiger partial charge in [0, 0.05) is 19.7 Å². The summed E-state index contributed by atoms with van der Waals surface area (Å²) < 4.78 is 5.96. The normalized spacial score (nSPS) is 17.7. The highest BCUT2D eigenvalue weighted by Crippen LogP contribution is 2.21. The molecule has 0 saturated heterocycles. The molecule has 154 valence electrons. The van der Waals surface area contributed by atoms with Crippen LogP contribution in [-0.2, 0) is 10.3 Å². The second kappa shape index (κ2) is 13.3. The summed E-state index contributed by atoms with van der Waals surface area (Å²) in [5.41, 5.74) is -0.103. The molecular formula is C21H36IN3O2. The average molecular weight is 489 g/mol. The topological polar surface area (TPSA) is 65.9 Å². The summed E-state index contributed by atoms with van der Waals surface area (Å²) in [7, 11) is 0. The number of hydrogen-bond donors (Lipinski definition) is 3. The van der Waals surface area contributed by atoms with Gasteiger partial charge in [0.15, 0.2) is 5.96 Å². The molecule has 2 rings (SSSR count). The lowest BCUT2D eigenvalue weighted by atomic mass is 9.96. The van der Waals surface area contributed by atoms with Crippen LogP contribution in [0.4, 0.5) is 0 Å². The van der Waals surface area contributed by atoms with Crippen molar-refractivity contribution in [3.8, 4) is 0 Å². The van der Waals surface area contributed by atoms with E-state index in [-0.39, 0.29) is 24.0 Å². The first-order valence-corrected chi connectivity index (χ1v) is 10.0. The maximum Gasteiger partial charge on any atom is 0.191 e. The van der Waals surface area contributed by atoms with Crippen molar-refractivity contribution in [3.05, 3.63) is 35.9 Å². The third-order valence-corrected chi connectivity index (χ3v) is 4.80. The fourth-order valence-electron chi connectivity index (χ4n) is 3.22. The summed E-state index contributed by atoms with van der Waals surface area (Å²) in [6.45, 7) is 6.54. The minimum atomic E-state index is -0.978. The van der Waals surface area contributed by atoms with Crippen molar-refractivity contribution in [1.29, 1.82) is 0 Å². The number of benzene rings is 1. The second-order valence-corrected chi connectivity index (χ2v) is 7.25. The second-order valence-electron chi connectivity index (χ2n) is 7.25. The lowest BCUT2D eigenvalue weighted by Crippen LogP contribution is -2.39. The van der Waals surface area contributed by atoms with Crippen LogP contribution in [0.15, 0.2) is 35.3 Å². The van der Waals surface area contributed by atoms with E-state index in [2.05, 4.69) is 15.6 Å². The minimum absolute atomic E-state index is 0. The van der Waals surface area contributed by atoms with E-state index in [1.165, 1.54) is 32.1 Å². The molecule has 1 aliphatic rings. The predicted molar refractivity (Wildman–Crippen MR) is 123 cm³/mol. The molecule has 5 nitrogen and oxygen atoms in total. The summed E-state index contributed by atoms with van der Waals surface area (Å²) >= 11 is 0. The smallest absolute Gasteiger partial charge is 0.191 e. The van der Waals surface area contributed by atoms with Gasteiger partial charge in [0.25, 0.3) is 0 Å². The first-order chi connectivity index (χ1) is 12.6. The fourth-order valence-corrected chi connectivity index (χ4v) is 3.22. The highest BCUT2D eigenvalue weighted by Gasteiger charge is 2.22. The Morgan fingerprint density at radius 1 is 1.19 bits per heavy atom. The van der Waals surface area contributed by atoms with Crippen LogP contribution in [0.1, 0.15) is 57.9 Å². The molecule has 1 aliphatic carbocycles. The molecule has 27 heavy (non-hydrogen) atoms. The van der Waals surface area contributed by atoms with Gasteiger partial charge in [-0.2, -0.15) is 0 Å². The zero-order valence-corrected chi connectivity index (χ0v) is 19.1.